The van der Waals surface area contributed by atoms with Crippen molar-refractivity contribution in [1.29, 1.82) is 0 Å². The molecule has 0 fully saturated rings. The number of pyridine rings is 1. The lowest BCUT2D eigenvalue weighted by molar-refractivity contribution is 0.406. The van der Waals surface area contributed by atoms with Gasteiger partial charge in [0.25, 0.3) is 0 Å². The van der Waals surface area contributed by atoms with Crippen molar-refractivity contribution in [1.82, 2.24) is 19.5 Å². The number of rotatable bonds is 3. The average molecular weight is 369 g/mol. The lowest BCUT2D eigenvalue weighted by atomic mass is 10.1. The van der Waals surface area contributed by atoms with Crippen molar-refractivity contribution in [3.63, 3.8) is 0 Å². The molecule has 0 atom stereocenters. The summed E-state index contributed by atoms with van der Waals surface area (Å²) < 4.78 is 7.42. The van der Waals surface area contributed by atoms with E-state index in [-0.39, 0.29) is 11.1 Å². The highest BCUT2D eigenvalue weighted by Gasteiger charge is 2.17. The van der Waals surface area contributed by atoms with E-state index in [0.29, 0.717) is 24.0 Å². The van der Waals surface area contributed by atoms with Crippen LogP contribution in [0.2, 0.25) is 5.15 Å². The van der Waals surface area contributed by atoms with E-state index in [0.717, 1.165) is 28.1 Å². The van der Waals surface area contributed by atoms with Gasteiger partial charge in [-0.1, -0.05) is 23.4 Å². The van der Waals surface area contributed by atoms with Crippen molar-refractivity contribution in [3.05, 3.63) is 46.9 Å². The number of aryl methyl sites for hydroxylation is 1. The minimum atomic E-state index is 0.115. The van der Waals surface area contributed by atoms with Gasteiger partial charge in [-0.3, -0.25) is 4.98 Å². The summed E-state index contributed by atoms with van der Waals surface area (Å²) in [6.07, 6.45) is 4.18. The Kier molecular flexibility index (Phi) is 5.01. The summed E-state index contributed by atoms with van der Waals surface area (Å²) in [5, 5.41) is 0.962. The largest absolute Gasteiger partial charge is 0.496 e. The molecule has 0 aromatic carbocycles. The van der Waals surface area contributed by atoms with Crippen LogP contribution in [0.25, 0.3) is 11.0 Å². The van der Waals surface area contributed by atoms with Gasteiger partial charge in [0, 0.05) is 29.9 Å². The normalized spacial score (nSPS) is 10.7. The van der Waals surface area contributed by atoms with Gasteiger partial charge in [0.2, 0.25) is 5.95 Å². The predicted molar refractivity (Wildman–Crippen MR) is 103 cm³/mol. The van der Waals surface area contributed by atoms with Crippen LogP contribution in [0, 0.1) is 32.6 Å². The molecule has 6 nitrogen and oxygen atoms in total. The summed E-state index contributed by atoms with van der Waals surface area (Å²) in [5.41, 5.74) is 9.99. The maximum absolute atomic E-state index is 6.30. The van der Waals surface area contributed by atoms with Crippen molar-refractivity contribution >= 4 is 28.6 Å². The molecule has 7 heteroatoms. The molecule has 3 aromatic rings. The molecule has 133 valence electrons. The van der Waals surface area contributed by atoms with Gasteiger partial charge in [0.1, 0.15) is 16.5 Å². The second kappa shape index (κ2) is 7.22. The number of methoxy groups -OCH3 is 1. The predicted octanol–water partition coefficient (Wildman–Crippen LogP) is 3.31. The van der Waals surface area contributed by atoms with Crippen LogP contribution in [0.5, 0.6) is 5.75 Å². The van der Waals surface area contributed by atoms with Crippen LogP contribution in [-0.4, -0.2) is 26.6 Å². The average Bonchev–Trinajstić information content (AvgIpc) is 2.93. The summed E-state index contributed by atoms with van der Waals surface area (Å²) in [7, 11) is 1.66. The van der Waals surface area contributed by atoms with Gasteiger partial charge in [-0.15, -0.1) is 0 Å². The van der Waals surface area contributed by atoms with Gasteiger partial charge in [-0.25, -0.2) is 4.98 Å². The van der Waals surface area contributed by atoms with Crippen molar-refractivity contribution in [2.45, 2.75) is 26.8 Å². The van der Waals surface area contributed by atoms with Crippen LogP contribution in [0.4, 0.5) is 5.95 Å². The third-order valence-corrected chi connectivity index (χ3v) is 4.38. The molecule has 26 heavy (non-hydrogen) atoms. The fourth-order valence-electron chi connectivity index (χ4n) is 2.92. The molecule has 0 amide bonds. The van der Waals surface area contributed by atoms with Crippen LogP contribution in [0.15, 0.2) is 12.4 Å². The van der Waals surface area contributed by atoms with E-state index in [9.17, 15) is 0 Å². The van der Waals surface area contributed by atoms with Gasteiger partial charge in [0.15, 0.2) is 0 Å². The van der Waals surface area contributed by atoms with Crippen LogP contribution >= 0.6 is 11.6 Å². The van der Waals surface area contributed by atoms with E-state index >= 15 is 0 Å². The molecule has 0 aliphatic heterocycles. The molecule has 0 spiro atoms. The molecule has 0 saturated carbocycles. The van der Waals surface area contributed by atoms with Gasteiger partial charge in [-0.05, 0) is 20.8 Å². The lowest BCUT2D eigenvalue weighted by Crippen LogP contribution is -2.07. The van der Waals surface area contributed by atoms with Crippen molar-refractivity contribution in [2.75, 3.05) is 12.8 Å². The highest BCUT2D eigenvalue weighted by Crippen LogP contribution is 2.29. The van der Waals surface area contributed by atoms with Crippen LogP contribution in [0.1, 0.15) is 28.8 Å². The zero-order chi connectivity index (χ0) is 18.8. The third kappa shape index (κ3) is 3.18. The van der Waals surface area contributed by atoms with Crippen molar-refractivity contribution in [2.24, 2.45) is 0 Å². The number of aromatic nitrogens is 4. The molecule has 0 unspecified atom stereocenters. The third-order valence-electron chi connectivity index (χ3n) is 4.11. The molecule has 0 aliphatic carbocycles. The Labute approximate surface area is 157 Å². The number of fused-ring (bicyclic) bond motifs is 1. The molecule has 0 aliphatic rings. The highest BCUT2D eigenvalue weighted by atomic mass is 35.5. The summed E-state index contributed by atoms with van der Waals surface area (Å²) in [6, 6.07) is 0. The molecular weight excluding hydrogens is 350 g/mol. The summed E-state index contributed by atoms with van der Waals surface area (Å²) in [5.74, 6) is 6.97. The van der Waals surface area contributed by atoms with Gasteiger partial charge in [-0.2, -0.15) is 4.98 Å². The first-order valence-corrected chi connectivity index (χ1v) is 8.43. The molecule has 0 bridgehead atoms. The maximum Gasteiger partial charge on any atom is 0.223 e. The number of hydrogen-bond donors (Lipinski definition) is 1. The molecule has 3 aromatic heterocycles. The summed E-state index contributed by atoms with van der Waals surface area (Å²) in [4.78, 5) is 13.0. The van der Waals surface area contributed by atoms with E-state index in [2.05, 4.69) is 33.7 Å². The second-order valence-corrected chi connectivity index (χ2v) is 6.20. The molecule has 2 N–H and O–H groups in total. The fourth-order valence-corrected chi connectivity index (χ4v) is 3.20. The Balaban J connectivity index is 2.17. The van der Waals surface area contributed by atoms with Gasteiger partial charge >= 0.3 is 0 Å². The Morgan fingerprint density at radius 3 is 2.81 bits per heavy atom. The van der Waals surface area contributed by atoms with E-state index < -0.39 is 0 Å². The zero-order valence-corrected chi connectivity index (χ0v) is 15.7. The minimum absolute atomic E-state index is 0.115. The number of halogens is 1. The second-order valence-electron chi connectivity index (χ2n) is 5.84. The number of nitrogens with zero attached hydrogens (tertiary/aromatic N) is 4. The molecule has 0 saturated heterocycles. The minimum Gasteiger partial charge on any atom is -0.496 e. The fraction of sp³-hybridized carbons (Fsp3) is 0.263. The first-order chi connectivity index (χ1) is 12.5. The Hall–Kier alpha value is -2.78. The number of nitrogen functional groups attached to an aromatic ring is 1. The Morgan fingerprint density at radius 1 is 1.35 bits per heavy atom. The van der Waals surface area contributed by atoms with Crippen LogP contribution in [-0.2, 0) is 6.54 Å². The van der Waals surface area contributed by atoms with Crippen LogP contribution in [0.3, 0.4) is 0 Å². The topological polar surface area (TPSA) is 78.8 Å². The van der Waals surface area contributed by atoms with Crippen molar-refractivity contribution in [3.8, 4) is 17.6 Å². The van der Waals surface area contributed by atoms with E-state index in [1.807, 2.05) is 24.6 Å². The smallest absolute Gasteiger partial charge is 0.223 e. The lowest BCUT2D eigenvalue weighted by Gasteiger charge is -2.13. The first kappa shape index (κ1) is 18.0. The molecule has 3 heterocycles. The van der Waals surface area contributed by atoms with E-state index in [4.69, 9.17) is 22.1 Å². The number of hydrogen-bond acceptors (Lipinski definition) is 5. The Morgan fingerprint density at radius 2 is 2.12 bits per heavy atom. The van der Waals surface area contributed by atoms with Gasteiger partial charge in [0.05, 0.1) is 30.3 Å². The standard InChI is InChI=1S/C19H19ClN5O/c1-5-6-7-13-9-25(18-15(13)17(20)23-19(21)24-18)10-14-12(3)16(26-4)11(2)8-22-14/h8-9H,1,5,10H2,2-4H3,(H2,21,23,24). The Bertz CT molecular complexity index is 1050. The van der Waals surface area contributed by atoms with Crippen molar-refractivity contribution < 1.29 is 4.74 Å². The summed E-state index contributed by atoms with van der Waals surface area (Å²) in [6.45, 7) is 8.18. The first-order valence-electron chi connectivity index (χ1n) is 8.05. The number of anilines is 1. The zero-order valence-electron chi connectivity index (χ0n) is 14.9. The maximum atomic E-state index is 6.30. The molecule has 1 radical (unpaired) electrons. The SMILES string of the molecule is [CH2]CC#Cc1cn(Cc2ncc(C)c(OC)c2C)c2nc(N)nc(Cl)c12. The quantitative estimate of drug-likeness (QED) is 0.566. The van der Waals surface area contributed by atoms with E-state index in [1.165, 1.54) is 0 Å². The monoisotopic (exact) mass is 368 g/mol. The number of nitrogens with two attached hydrogens (primary N) is 1. The highest BCUT2D eigenvalue weighted by molar-refractivity contribution is 6.34. The van der Waals surface area contributed by atoms with Crippen LogP contribution < -0.4 is 10.5 Å². The number of ether oxygens (including phenoxy) is 1. The molecule has 3 rings (SSSR count). The van der Waals surface area contributed by atoms with Gasteiger partial charge < -0.3 is 15.0 Å². The molecular formula is C19H19ClN5O. The summed E-state index contributed by atoms with van der Waals surface area (Å²) >= 11 is 6.30. The van der Waals surface area contributed by atoms with E-state index in [1.54, 1.807) is 13.3 Å².